The van der Waals surface area contributed by atoms with Gasteiger partial charge in [-0.2, -0.15) is 0 Å². The summed E-state index contributed by atoms with van der Waals surface area (Å²) in [6, 6.07) is 13.7. The molecule has 1 fully saturated rings. The number of anilines is 1. The van der Waals surface area contributed by atoms with Crippen molar-refractivity contribution >= 4 is 33.9 Å². The molecule has 1 aliphatic rings. The molecule has 1 aromatic carbocycles. The van der Waals surface area contributed by atoms with Crippen LogP contribution < -0.4 is 5.32 Å². The number of aromatic nitrogens is 3. The summed E-state index contributed by atoms with van der Waals surface area (Å²) in [7, 11) is 0. The summed E-state index contributed by atoms with van der Waals surface area (Å²) in [5.74, 6) is 0.405. The molecule has 0 atom stereocenters. The second-order valence-electron chi connectivity index (χ2n) is 7.12. The fraction of sp³-hybridized carbons (Fsp3) is 0.238. The van der Waals surface area contributed by atoms with E-state index in [1.165, 1.54) is 5.56 Å². The molecule has 0 aliphatic carbocycles. The summed E-state index contributed by atoms with van der Waals surface area (Å²) < 4.78 is 5.14. The van der Waals surface area contributed by atoms with E-state index in [1.54, 1.807) is 17.2 Å². The number of carbonyl (C=O) groups is 1. The first-order chi connectivity index (χ1) is 14.3. The summed E-state index contributed by atoms with van der Waals surface area (Å²) in [6.45, 7) is 3.75. The third-order valence-electron chi connectivity index (χ3n) is 5.19. The number of nitrogens with zero attached hydrogens (tertiary/aromatic N) is 5. The third kappa shape index (κ3) is 3.62. The highest BCUT2D eigenvalue weighted by atomic mass is 16.5. The van der Waals surface area contributed by atoms with Crippen LogP contribution >= 0.6 is 0 Å². The number of carbonyl (C=O) groups excluding carboxylic acids is 1. The van der Waals surface area contributed by atoms with Gasteiger partial charge in [0.05, 0.1) is 10.9 Å². The molecule has 0 spiro atoms. The molecule has 0 bridgehead atoms. The highest BCUT2D eigenvalue weighted by Crippen LogP contribution is 2.21. The summed E-state index contributed by atoms with van der Waals surface area (Å²) in [5.41, 5.74) is 2.60. The lowest BCUT2D eigenvalue weighted by Crippen LogP contribution is -2.49. The van der Waals surface area contributed by atoms with E-state index in [0.717, 1.165) is 30.5 Å². The Labute approximate surface area is 167 Å². The van der Waals surface area contributed by atoms with E-state index in [9.17, 15) is 4.79 Å². The Morgan fingerprint density at radius 2 is 1.93 bits per heavy atom. The molecular weight excluding hydrogens is 368 g/mol. The van der Waals surface area contributed by atoms with E-state index in [0.29, 0.717) is 30.0 Å². The molecular formula is C21H20N6O2. The second kappa shape index (κ2) is 7.48. The Hall–Kier alpha value is -3.52. The van der Waals surface area contributed by atoms with Crippen molar-refractivity contribution in [2.75, 3.05) is 31.5 Å². The number of hydrogen-bond donors (Lipinski definition) is 1. The molecule has 4 aromatic rings. The lowest BCUT2D eigenvalue weighted by atomic mass is 10.1. The smallest absolute Gasteiger partial charge is 0.323 e. The van der Waals surface area contributed by atoms with Crippen LogP contribution in [-0.4, -0.2) is 57.1 Å². The van der Waals surface area contributed by atoms with Crippen LogP contribution in [0.25, 0.3) is 22.0 Å². The molecule has 1 aliphatic heterocycles. The standard InChI is InChI=1S/C21H20N6O2/c28-21(24-19-17-5-3-7-22-20(17)29-25-19)27-10-8-26(9-11-27)14-15-12-16-4-1-2-6-18(16)23-13-15/h1-7,12-13H,8-11,14H2,(H,24,25,28). The highest BCUT2D eigenvalue weighted by molar-refractivity contribution is 5.97. The Kier molecular flexibility index (Phi) is 4.53. The Morgan fingerprint density at radius 3 is 2.83 bits per heavy atom. The average molecular weight is 388 g/mol. The topological polar surface area (TPSA) is 87.4 Å². The van der Waals surface area contributed by atoms with Crippen molar-refractivity contribution in [1.29, 1.82) is 0 Å². The normalized spacial score (nSPS) is 15.1. The molecule has 8 nitrogen and oxygen atoms in total. The van der Waals surface area contributed by atoms with Crippen LogP contribution in [0.1, 0.15) is 5.56 Å². The van der Waals surface area contributed by atoms with Crippen molar-refractivity contribution in [3.05, 3.63) is 60.4 Å². The lowest BCUT2D eigenvalue weighted by molar-refractivity contribution is 0.143. The van der Waals surface area contributed by atoms with E-state index in [1.807, 2.05) is 30.5 Å². The SMILES string of the molecule is O=C(Nc1noc2ncccc12)N1CCN(Cc2cnc3ccccc3c2)CC1. The second-order valence-corrected chi connectivity index (χ2v) is 7.12. The minimum atomic E-state index is -0.170. The molecule has 0 unspecified atom stereocenters. The molecule has 29 heavy (non-hydrogen) atoms. The van der Waals surface area contributed by atoms with Crippen LogP contribution in [0.2, 0.25) is 0 Å². The molecule has 0 saturated carbocycles. The maximum Gasteiger partial charge on any atom is 0.323 e. The molecule has 4 heterocycles. The molecule has 8 heteroatoms. The molecule has 2 amide bonds. The Balaban J connectivity index is 1.19. The summed E-state index contributed by atoms with van der Waals surface area (Å²) in [5, 5.41) is 8.59. The maximum absolute atomic E-state index is 12.6. The van der Waals surface area contributed by atoms with Gasteiger partial charge >= 0.3 is 6.03 Å². The number of fused-ring (bicyclic) bond motifs is 2. The number of pyridine rings is 2. The number of amides is 2. The van der Waals surface area contributed by atoms with Crippen LogP contribution in [0, 0.1) is 0 Å². The van der Waals surface area contributed by atoms with Crippen LogP contribution in [0.15, 0.2) is 59.4 Å². The minimum absolute atomic E-state index is 0.170. The zero-order valence-electron chi connectivity index (χ0n) is 15.8. The van der Waals surface area contributed by atoms with Crippen molar-refractivity contribution in [2.24, 2.45) is 0 Å². The number of benzene rings is 1. The van der Waals surface area contributed by atoms with Gasteiger partial charge in [-0.15, -0.1) is 0 Å². The predicted molar refractivity (Wildman–Crippen MR) is 109 cm³/mol. The largest absolute Gasteiger partial charge is 0.334 e. The number of rotatable bonds is 3. The van der Waals surface area contributed by atoms with Gasteiger partial charge in [0.25, 0.3) is 5.71 Å². The highest BCUT2D eigenvalue weighted by Gasteiger charge is 2.23. The molecule has 3 aromatic heterocycles. The van der Waals surface area contributed by atoms with E-state index < -0.39 is 0 Å². The lowest BCUT2D eigenvalue weighted by Gasteiger charge is -2.34. The average Bonchev–Trinajstić information content (AvgIpc) is 3.17. The third-order valence-corrected chi connectivity index (χ3v) is 5.19. The molecule has 1 N–H and O–H groups in total. The first-order valence-corrected chi connectivity index (χ1v) is 9.59. The minimum Gasteiger partial charge on any atom is -0.334 e. The molecule has 1 saturated heterocycles. The van der Waals surface area contributed by atoms with Gasteiger partial charge in [0.1, 0.15) is 0 Å². The first-order valence-electron chi connectivity index (χ1n) is 9.59. The number of para-hydroxylation sites is 1. The van der Waals surface area contributed by atoms with E-state index in [4.69, 9.17) is 4.52 Å². The van der Waals surface area contributed by atoms with E-state index in [-0.39, 0.29) is 6.03 Å². The van der Waals surface area contributed by atoms with Gasteiger partial charge in [0.15, 0.2) is 5.82 Å². The summed E-state index contributed by atoms with van der Waals surface area (Å²) in [6.07, 6.45) is 3.56. The first kappa shape index (κ1) is 17.6. The number of hydrogen-bond acceptors (Lipinski definition) is 6. The van der Waals surface area contributed by atoms with Gasteiger partial charge in [0.2, 0.25) is 0 Å². The van der Waals surface area contributed by atoms with Crippen molar-refractivity contribution < 1.29 is 9.32 Å². The van der Waals surface area contributed by atoms with E-state index in [2.05, 4.69) is 37.5 Å². The quantitative estimate of drug-likeness (QED) is 0.580. The van der Waals surface area contributed by atoms with Gasteiger partial charge in [-0.1, -0.05) is 23.4 Å². The predicted octanol–water partition coefficient (Wildman–Crippen LogP) is 3.12. The van der Waals surface area contributed by atoms with E-state index >= 15 is 0 Å². The van der Waals surface area contributed by atoms with Gasteiger partial charge in [-0.3, -0.25) is 15.2 Å². The van der Waals surface area contributed by atoms with Crippen LogP contribution in [-0.2, 0) is 6.54 Å². The summed E-state index contributed by atoms with van der Waals surface area (Å²) >= 11 is 0. The zero-order chi connectivity index (χ0) is 19.6. The fourth-order valence-corrected chi connectivity index (χ4v) is 3.62. The number of nitrogens with one attached hydrogen (secondary N) is 1. The van der Waals surface area contributed by atoms with Gasteiger partial charge in [-0.25, -0.2) is 9.78 Å². The van der Waals surface area contributed by atoms with Crippen LogP contribution in [0.5, 0.6) is 0 Å². The zero-order valence-corrected chi connectivity index (χ0v) is 15.8. The molecule has 0 radical (unpaired) electrons. The van der Waals surface area contributed by atoms with Crippen molar-refractivity contribution in [2.45, 2.75) is 6.54 Å². The monoisotopic (exact) mass is 388 g/mol. The Morgan fingerprint density at radius 1 is 1.07 bits per heavy atom. The fourth-order valence-electron chi connectivity index (χ4n) is 3.62. The molecule has 5 rings (SSSR count). The van der Waals surface area contributed by atoms with Crippen molar-refractivity contribution in [1.82, 2.24) is 24.9 Å². The van der Waals surface area contributed by atoms with Gasteiger partial charge in [0, 0.05) is 50.5 Å². The molecule has 146 valence electrons. The van der Waals surface area contributed by atoms with Crippen LogP contribution in [0.4, 0.5) is 10.6 Å². The Bertz CT molecular complexity index is 1170. The maximum atomic E-state index is 12.6. The van der Waals surface area contributed by atoms with Crippen LogP contribution in [0.3, 0.4) is 0 Å². The van der Waals surface area contributed by atoms with Crippen molar-refractivity contribution in [3.8, 4) is 0 Å². The summed E-state index contributed by atoms with van der Waals surface area (Å²) in [4.78, 5) is 25.4. The van der Waals surface area contributed by atoms with Crippen molar-refractivity contribution in [3.63, 3.8) is 0 Å². The number of piperazine rings is 1. The van der Waals surface area contributed by atoms with Gasteiger partial charge in [-0.05, 0) is 29.8 Å². The van der Waals surface area contributed by atoms with Gasteiger partial charge < -0.3 is 9.42 Å². The number of urea groups is 1.